The molecule has 2 atom stereocenters. The zero-order valence-electron chi connectivity index (χ0n) is 46.2. The molecule has 2 unspecified atom stereocenters. The number of carbonyl (C=O) groups is 4. The van der Waals surface area contributed by atoms with Crippen LogP contribution in [0.5, 0.6) is 11.5 Å². The third-order valence-electron chi connectivity index (χ3n) is 14.8. The van der Waals surface area contributed by atoms with Gasteiger partial charge in [-0.3, -0.25) is 19.2 Å². The van der Waals surface area contributed by atoms with Crippen molar-refractivity contribution in [2.75, 3.05) is 26.4 Å². The van der Waals surface area contributed by atoms with Crippen LogP contribution in [0.15, 0.2) is 95.2 Å². The Labute approximate surface area is 430 Å². The maximum atomic E-state index is 13.5. The van der Waals surface area contributed by atoms with Crippen molar-refractivity contribution in [1.29, 1.82) is 0 Å². The summed E-state index contributed by atoms with van der Waals surface area (Å²) >= 11 is 0. The van der Waals surface area contributed by atoms with Gasteiger partial charge in [0.05, 0.1) is 31.0 Å². The van der Waals surface area contributed by atoms with Crippen LogP contribution >= 0.6 is 0 Å². The number of carbonyl (C=O) groups excluding carboxylic acids is 4. The Bertz CT molecular complexity index is 2610. The van der Waals surface area contributed by atoms with Gasteiger partial charge in [-0.1, -0.05) is 153 Å². The summed E-state index contributed by atoms with van der Waals surface area (Å²) in [5.41, 5.74) is 7.66. The Kier molecular flexibility index (Phi) is 16.8. The molecule has 0 spiro atoms. The molecule has 0 bridgehead atoms. The molecule has 4 aliphatic rings. The van der Waals surface area contributed by atoms with Gasteiger partial charge >= 0.3 is 23.9 Å². The van der Waals surface area contributed by atoms with Crippen molar-refractivity contribution in [3.63, 3.8) is 0 Å². The lowest BCUT2D eigenvalue weighted by Crippen LogP contribution is -2.32. The second-order valence-electron chi connectivity index (χ2n) is 24.6. The molecule has 2 heterocycles. The number of benzene rings is 2. The maximum Gasteiger partial charge on any atom is 0.323 e. The van der Waals surface area contributed by atoms with E-state index in [0.29, 0.717) is 43.8 Å². The van der Waals surface area contributed by atoms with Gasteiger partial charge in [0, 0.05) is 52.3 Å². The predicted molar refractivity (Wildman–Crippen MR) is 284 cm³/mol. The molecule has 2 aromatic carbocycles. The fourth-order valence-electron chi connectivity index (χ4n) is 9.32. The number of hydrogen-bond acceptors (Lipinski definition) is 10. The summed E-state index contributed by atoms with van der Waals surface area (Å²) < 4.78 is 35.7. The predicted octanol–water partition coefficient (Wildman–Crippen LogP) is 13.2. The van der Waals surface area contributed by atoms with Crippen LogP contribution < -0.4 is 9.47 Å². The summed E-state index contributed by atoms with van der Waals surface area (Å²) in [7, 11) is 0. The highest BCUT2D eigenvalue weighted by atomic mass is 16.6. The van der Waals surface area contributed by atoms with E-state index in [1.165, 1.54) is 0 Å². The molecule has 10 nitrogen and oxygen atoms in total. The first kappa shape index (κ1) is 56.0. The van der Waals surface area contributed by atoms with Gasteiger partial charge in [-0.25, -0.2) is 0 Å². The molecule has 2 aliphatic heterocycles. The van der Waals surface area contributed by atoms with Crippen LogP contribution in [-0.2, 0) is 61.8 Å². The molecule has 0 N–H and O–H groups in total. The maximum absolute atomic E-state index is 13.5. The van der Waals surface area contributed by atoms with Crippen LogP contribution in [0.2, 0.25) is 0 Å². The lowest BCUT2D eigenvalue weighted by molar-refractivity contribution is -0.149. The number of esters is 4. The average molecular weight is 987 g/mol. The largest absolute Gasteiger partial charge is 0.466 e. The lowest BCUT2D eigenvalue weighted by atomic mass is 9.80. The van der Waals surface area contributed by atoms with E-state index >= 15 is 0 Å². The van der Waals surface area contributed by atoms with E-state index in [1.54, 1.807) is 0 Å². The molecule has 2 aliphatic carbocycles. The van der Waals surface area contributed by atoms with Gasteiger partial charge in [0.2, 0.25) is 0 Å². The molecule has 0 aromatic heterocycles. The Morgan fingerprint density at radius 3 is 1.36 bits per heavy atom. The number of rotatable bonds is 19. The second kappa shape index (κ2) is 21.6. The minimum absolute atomic E-state index is 0.121. The average Bonchev–Trinajstić information content (AvgIpc) is 3.68. The second-order valence-corrected chi connectivity index (χ2v) is 24.6. The van der Waals surface area contributed by atoms with Gasteiger partial charge in [-0.05, 0) is 93.9 Å². The van der Waals surface area contributed by atoms with E-state index in [0.717, 1.165) is 55.7 Å². The van der Waals surface area contributed by atoms with E-state index in [2.05, 4.69) is 120 Å². The zero-order valence-corrected chi connectivity index (χ0v) is 46.2. The highest BCUT2D eigenvalue weighted by molar-refractivity contribution is 5.92. The molecule has 0 saturated carbocycles. The highest BCUT2D eigenvalue weighted by Crippen LogP contribution is 2.49. The number of allylic oxidation sites excluding steroid dienone is 10. The summed E-state index contributed by atoms with van der Waals surface area (Å²) in [5, 5.41) is 0. The SMILES string of the molecule is CC1=CC(C2C(=O)Oc3c2cc(CCC(=O)OCCOC(C)(C)CCOC(C)(C)CCOC(=O)CCc2cc4c(c(C(C)(C)C)c2)OC(=O)C4C2=CC=CC(C)(C)C(C)=C2)cc3C(C)(C)C)=CC=CC1(C)C. The number of hydrogen-bond donors (Lipinski definition) is 0. The fraction of sp³-hybridized carbons (Fsp3) is 0.548. The van der Waals surface area contributed by atoms with E-state index in [9.17, 15) is 19.2 Å². The van der Waals surface area contributed by atoms with Gasteiger partial charge in [0.1, 0.15) is 29.9 Å². The van der Waals surface area contributed by atoms with Gasteiger partial charge in [0.15, 0.2) is 0 Å². The quantitative estimate of drug-likeness (QED) is 0.0763. The summed E-state index contributed by atoms with van der Waals surface area (Å²) in [6, 6.07) is 8.16. The molecule has 72 heavy (non-hydrogen) atoms. The Morgan fingerprint density at radius 1 is 0.556 bits per heavy atom. The van der Waals surface area contributed by atoms with Gasteiger partial charge < -0.3 is 28.4 Å². The molecule has 0 saturated heterocycles. The van der Waals surface area contributed by atoms with E-state index in [-0.39, 0.29) is 78.2 Å². The number of fused-ring (bicyclic) bond motifs is 2. The standard InChI is InChI=1S/C62H82O10/c1-39-33-43(19-17-25-59(39,9)10)51-45-35-41(37-47(57(3,4)5)53(45)71-55(51)65)21-23-49(63)67-29-27-61(13,14)69-30-28-62(15,16)70-32-31-68-50(64)24-22-42-36-46-52(44-20-18-26-60(11,12)40(2)34-44)56(66)72-54(46)48(38-42)58(6,7)8/h17-20,25-26,33-38,51-52H,21-24,27-32H2,1-16H3. The van der Waals surface area contributed by atoms with Crippen LogP contribution in [0.25, 0.3) is 0 Å². The molecule has 10 heteroatoms. The third-order valence-corrected chi connectivity index (χ3v) is 14.8. The van der Waals surface area contributed by atoms with Gasteiger partial charge in [-0.15, -0.1) is 0 Å². The first-order valence-corrected chi connectivity index (χ1v) is 25.9. The minimum Gasteiger partial charge on any atom is -0.466 e. The molecular weight excluding hydrogens is 905 g/mol. The molecule has 0 radical (unpaired) electrons. The normalized spacial score (nSPS) is 19.5. The molecule has 6 rings (SSSR count). The minimum atomic E-state index is -0.550. The number of aryl methyl sites for hydroxylation is 2. The highest BCUT2D eigenvalue weighted by Gasteiger charge is 2.41. The molecular formula is C62H82O10. The Morgan fingerprint density at radius 2 is 0.944 bits per heavy atom. The van der Waals surface area contributed by atoms with Crippen molar-refractivity contribution in [2.24, 2.45) is 10.8 Å². The smallest absolute Gasteiger partial charge is 0.323 e. The Balaban J connectivity index is 0.929. The molecule has 0 fully saturated rings. The van der Waals surface area contributed by atoms with Crippen molar-refractivity contribution in [3.05, 3.63) is 129 Å². The molecule has 2 aromatic rings. The van der Waals surface area contributed by atoms with Crippen molar-refractivity contribution in [1.82, 2.24) is 0 Å². The van der Waals surface area contributed by atoms with E-state index in [4.69, 9.17) is 28.4 Å². The zero-order chi connectivity index (χ0) is 53.2. The monoisotopic (exact) mass is 987 g/mol. The van der Waals surface area contributed by atoms with Crippen molar-refractivity contribution in [2.45, 2.75) is 183 Å². The van der Waals surface area contributed by atoms with E-state index in [1.807, 2.05) is 64.1 Å². The van der Waals surface area contributed by atoms with Crippen molar-refractivity contribution in [3.8, 4) is 11.5 Å². The fourth-order valence-corrected chi connectivity index (χ4v) is 9.32. The van der Waals surface area contributed by atoms with Crippen molar-refractivity contribution >= 4 is 23.9 Å². The van der Waals surface area contributed by atoms with Crippen LogP contribution in [0.3, 0.4) is 0 Å². The van der Waals surface area contributed by atoms with Crippen LogP contribution in [0.4, 0.5) is 0 Å². The van der Waals surface area contributed by atoms with E-state index < -0.39 is 23.0 Å². The Hall–Kier alpha value is -5.32. The summed E-state index contributed by atoms with van der Waals surface area (Å²) in [5.74, 6) is -1.03. The van der Waals surface area contributed by atoms with Gasteiger partial charge in [0.25, 0.3) is 0 Å². The summed E-state index contributed by atoms with van der Waals surface area (Å²) in [4.78, 5) is 53.0. The third kappa shape index (κ3) is 13.8. The first-order chi connectivity index (χ1) is 33.4. The lowest BCUT2D eigenvalue weighted by Gasteiger charge is -2.29. The number of ether oxygens (including phenoxy) is 6. The van der Waals surface area contributed by atoms with Crippen LogP contribution in [0, 0.1) is 10.8 Å². The topological polar surface area (TPSA) is 124 Å². The molecule has 0 amide bonds. The first-order valence-electron chi connectivity index (χ1n) is 25.9. The van der Waals surface area contributed by atoms with Crippen LogP contribution in [-0.4, -0.2) is 61.5 Å². The molecule has 390 valence electrons. The summed E-state index contributed by atoms with van der Waals surface area (Å²) in [6.07, 6.45) is 19.0. The van der Waals surface area contributed by atoms with Crippen LogP contribution in [0.1, 0.15) is 182 Å². The van der Waals surface area contributed by atoms with Crippen molar-refractivity contribution < 1.29 is 47.6 Å². The summed E-state index contributed by atoms with van der Waals surface area (Å²) in [6.45, 7) is 34.3. The van der Waals surface area contributed by atoms with Gasteiger partial charge in [-0.2, -0.15) is 0 Å².